The zero-order valence-electron chi connectivity index (χ0n) is 14.1. The van der Waals surface area contributed by atoms with Gasteiger partial charge in [-0.1, -0.05) is 6.92 Å². The molecule has 0 radical (unpaired) electrons. The summed E-state index contributed by atoms with van der Waals surface area (Å²) in [6, 6.07) is 5.30. The average Bonchev–Trinajstić information content (AvgIpc) is 2.55. The number of nitrogens with one attached hydrogen (secondary N) is 1. The Morgan fingerprint density at radius 3 is 2.04 bits per heavy atom. The third kappa shape index (κ3) is 4.34. The molecule has 1 aliphatic rings. The number of ether oxygens (including phenoxy) is 1. The summed E-state index contributed by atoms with van der Waals surface area (Å²) in [6.07, 6.45) is 0.635. The Morgan fingerprint density at radius 2 is 1.54 bits per heavy atom. The molecule has 1 aliphatic heterocycles. The predicted octanol–water partition coefficient (Wildman–Crippen LogP) is 1.17. The molecule has 136 valence electrons. The maximum absolute atomic E-state index is 12.5. The van der Waals surface area contributed by atoms with E-state index in [1.807, 2.05) is 6.92 Å². The standard InChI is InChI=1S/C15H24N2O5S2/c1-4-15(2,3)16-23(18,19)13-5-7-14(8-6-13)24(20,21)17-9-11-22-12-10-17/h5-8,16H,4,9-12H2,1-3H3. The van der Waals surface area contributed by atoms with E-state index >= 15 is 0 Å². The molecule has 0 unspecified atom stereocenters. The Morgan fingerprint density at radius 1 is 1.04 bits per heavy atom. The third-order valence-corrected chi connectivity index (χ3v) is 7.66. The van der Waals surface area contributed by atoms with Crippen molar-refractivity contribution >= 4 is 20.0 Å². The van der Waals surface area contributed by atoms with Crippen molar-refractivity contribution in [3.05, 3.63) is 24.3 Å². The molecule has 1 N–H and O–H groups in total. The highest BCUT2D eigenvalue weighted by molar-refractivity contribution is 7.89. The van der Waals surface area contributed by atoms with E-state index in [4.69, 9.17) is 4.74 Å². The van der Waals surface area contributed by atoms with E-state index in [1.165, 1.54) is 28.6 Å². The minimum absolute atomic E-state index is 0.0463. The van der Waals surface area contributed by atoms with Crippen molar-refractivity contribution in [2.24, 2.45) is 0 Å². The van der Waals surface area contributed by atoms with Crippen LogP contribution in [0.15, 0.2) is 34.1 Å². The minimum Gasteiger partial charge on any atom is -0.379 e. The predicted molar refractivity (Wildman–Crippen MR) is 90.7 cm³/mol. The van der Waals surface area contributed by atoms with Crippen LogP contribution in [0.4, 0.5) is 0 Å². The molecular formula is C15H24N2O5S2. The van der Waals surface area contributed by atoms with Gasteiger partial charge >= 0.3 is 0 Å². The number of hydrogen-bond donors (Lipinski definition) is 1. The van der Waals surface area contributed by atoms with E-state index in [0.717, 1.165) is 0 Å². The molecule has 0 aromatic heterocycles. The van der Waals surface area contributed by atoms with E-state index in [1.54, 1.807) is 13.8 Å². The lowest BCUT2D eigenvalue weighted by Gasteiger charge is -2.26. The van der Waals surface area contributed by atoms with E-state index < -0.39 is 25.6 Å². The SMILES string of the molecule is CCC(C)(C)NS(=O)(=O)c1ccc(S(=O)(=O)N2CCOCC2)cc1. The molecule has 1 fully saturated rings. The van der Waals surface area contributed by atoms with Crippen LogP contribution in [0.3, 0.4) is 0 Å². The monoisotopic (exact) mass is 376 g/mol. The first-order chi connectivity index (χ1) is 11.1. The molecule has 0 spiro atoms. The van der Waals surface area contributed by atoms with Gasteiger partial charge in [-0.2, -0.15) is 4.31 Å². The molecule has 7 nitrogen and oxygen atoms in total. The van der Waals surface area contributed by atoms with Crippen molar-refractivity contribution in [1.82, 2.24) is 9.03 Å². The number of nitrogens with zero attached hydrogens (tertiary/aromatic N) is 1. The van der Waals surface area contributed by atoms with Crippen LogP contribution in [-0.4, -0.2) is 53.0 Å². The largest absolute Gasteiger partial charge is 0.379 e. The second-order valence-electron chi connectivity index (χ2n) is 6.33. The summed E-state index contributed by atoms with van der Waals surface area (Å²) >= 11 is 0. The molecule has 1 aromatic rings. The molecule has 0 bridgehead atoms. The Kier molecular flexibility index (Phi) is 5.71. The Labute approximate surface area is 144 Å². The van der Waals surface area contributed by atoms with Crippen LogP contribution in [0.25, 0.3) is 0 Å². The second-order valence-corrected chi connectivity index (χ2v) is 9.95. The fraction of sp³-hybridized carbons (Fsp3) is 0.600. The number of rotatable bonds is 6. The van der Waals surface area contributed by atoms with Gasteiger partial charge in [0.15, 0.2) is 0 Å². The van der Waals surface area contributed by atoms with Crippen LogP contribution in [0.2, 0.25) is 0 Å². The van der Waals surface area contributed by atoms with Gasteiger partial charge in [-0.25, -0.2) is 21.6 Å². The summed E-state index contributed by atoms with van der Waals surface area (Å²) in [7, 11) is -7.32. The lowest BCUT2D eigenvalue weighted by atomic mass is 10.0. The highest BCUT2D eigenvalue weighted by Crippen LogP contribution is 2.21. The summed E-state index contributed by atoms with van der Waals surface area (Å²) in [6.45, 7) is 6.80. The van der Waals surface area contributed by atoms with Crippen LogP contribution >= 0.6 is 0 Å². The number of morpholine rings is 1. The first kappa shape index (κ1) is 19.3. The molecule has 0 amide bonds. The summed E-state index contributed by atoms with van der Waals surface area (Å²) < 4.78 is 58.9. The second kappa shape index (κ2) is 7.09. The average molecular weight is 377 g/mol. The van der Waals surface area contributed by atoms with Crippen LogP contribution in [0.5, 0.6) is 0 Å². The normalized spacial score (nSPS) is 17.8. The Hall–Kier alpha value is -1.00. The fourth-order valence-electron chi connectivity index (χ4n) is 2.22. The number of hydrogen-bond acceptors (Lipinski definition) is 5. The van der Waals surface area contributed by atoms with Crippen molar-refractivity contribution in [3.8, 4) is 0 Å². The van der Waals surface area contributed by atoms with E-state index in [2.05, 4.69) is 4.72 Å². The molecule has 1 saturated heterocycles. The summed E-state index contributed by atoms with van der Waals surface area (Å²) in [5.41, 5.74) is -0.572. The van der Waals surface area contributed by atoms with Gasteiger partial charge in [-0.05, 0) is 44.5 Å². The number of benzene rings is 1. The van der Waals surface area contributed by atoms with Crippen LogP contribution in [-0.2, 0) is 24.8 Å². The lowest BCUT2D eigenvalue weighted by molar-refractivity contribution is 0.0730. The maximum Gasteiger partial charge on any atom is 0.243 e. The van der Waals surface area contributed by atoms with Gasteiger partial charge in [0.25, 0.3) is 0 Å². The van der Waals surface area contributed by atoms with Crippen LogP contribution < -0.4 is 4.72 Å². The van der Waals surface area contributed by atoms with E-state index in [0.29, 0.717) is 32.7 Å². The summed E-state index contributed by atoms with van der Waals surface area (Å²) in [5.74, 6) is 0. The molecular weight excluding hydrogens is 352 g/mol. The fourth-order valence-corrected chi connectivity index (χ4v) is 5.11. The van der Waals surface area contributed by atoms with Gasteiger partial charge in [0, 0.05) is 18.6 Å². The molecule has 1 aromatic carbocycles. The molecule has 0 aliphatic carbocycles. The summed E-state index contributed by atoms with van der Waals surface area (Å²) in [5, 5.41) is 0. The first-order valence-corrected chi connectivity index (χ1v) is 10.7. The number of sulfonamides is 2. The molecule has 1 heterocycles. The van der Waals surface area contributed by atoms with Gasteiger partial charge in [-0.15, -0.1) is 0 Å². The zero-order valence-corrected chi connectivity index (χ0v) is 15.8. The van der Waals surface area contributed by atoms with E-state index in [-0.39, 0.29) is 9.79 Å². The molecule has 24 heavy (non-hydrogen) atoms. The third-order valence-electron chi connectivity index (χ3n) is 4.04. The topological polar surface area (TPSA) is 92.8 Å². The lowest BCUT2D eigenvalue weighted by Crippen LogP contribution is -2.42. The van der Waals surface area contributed by atoms with Crippen molar-refractivity contribution in [2.75, 3.05) is 26.3 Å². The molecule has 0 atom stereocenters. The van der Waals surface area contributed by atoms with Crippen LogP contribution in [0.1, 0.15) is 27.2 Å². The van der Waals surface area contributed by atoms with Crippen molar-refractivity contribution in [2.45, 2.75) is 42.5 Å². The van der Waals surface area contributed by atoms with Gasteiger partial charge in [0.1, 0.15) is 0 Å². The van der Waals surface area contributed by atoms with Crippen molar-refractivity contribution < 1.29 is 21.6 Å². The zero-order chi connectivity index (χ0) is 18.0. The molecule has 0 saturated carbocycles. The van der Waals surface area contributed by atoms with Gasteiger partial charge in [0.2, 0.25) is 20.0 Å². The van der Waals surface area contributed by atoms with Gasteiger partial charge < -0.3 is 4.74 Å². The van der Waals surface area contributed by atoms with Crippen molar-refractivity contribution in [1.29, 1.82) is 0 Å². The van der Waals surface area contributed by atoms with E-state index in [9.17, 15) is 16.8 Å². The van der Waals surface area contributed by atoms with Gasteiger partial charge in [-0.3, -0.25) is 0 Å². The van der Waals surface area contributed by atoms with Gasteiger partial charge in [0.05, 0.1) is 23.0 Å². The quantitative estimate of drug-likeness (QED) is 0.805. The highest BCUT2D eigenvalue weighted by atomic mass is 32.2. The maximum atomic E-state index is 12.5. The Bertz CT molecular complexity index is 765. The Balaban J connectivity index is 2.24. The molecule has 2 rings (SSSR count). The smallest absolute Gasteiger partial charge is 0.243 e. The van der Waals surface area contributed by atoms with Crippen molar-refractivity contribution in [3.63, 3.8) is 0 Å². The minimum atomic E-state index is -3.70. The highest BCUT2D eigenvalue weighted by Gasteiger charge is 2.28. The summed E-state index contributed by atoms with van der Waals surface area (Å²) in [4.78, 5) is 0.128. The first-order valence-electron chi connectivity index (χ1n) is 7.80. The van der Waals surface area contributed by atoms with Crippen LogP contribution in [0, 0.1) is 0 Å². The molecule has 9 heteroatoms.